The zero-order valence-electron chi connectivity index (χ0n) is 17.1. The van der Waals surface area contributed by atoms with Gasteiger partial charge in [-0.3, -0.25) is 9.48 Å². The van der Waals surface area contributed by atoms with E-state index in [1.54, 1.807) is 34.1 Å². The minimum Gasteiger partial charge on any atom is -0.330 e. The van der Waals surface area contributed by atoms with E-state index in [4.69, 9.17) is 11.6 Å². The molecule has 2 aromatic carbocycles. The lowest BCUT2D eigenvalue weighted by molar-refractivity contribution is 0.0766. The average Bonchev–Trinajstić information content (AvgIpc) is 3.33. The van der Waals surface area contributed by atoms with Crippen LogP contribution in [0, 0.1) is 5.82 Å². The van der Waals surface area contributed by atoms with Gasteiger partial charge in [-0.05, 0) is 35.4 Å². The van der Waals surface area contributed by atoms with Gasteiger partial charge < -0.3 is 10.2 Å². The summed E-state index contributed by atoms with van der Waals surface area (Å²) in [5.41, 5.74) is 3.74. The Bertz CT molecular complexity index is 1340. The second kappa shape index (κ2) is 8.05. The van der Waals surface area contributed by atoms with Crippen LogP contribution in [0.1, 0.15) is 21.5 Å². The smallest absolute Gasteiger partial charge is 0.254 e. The van der Waals surface area contributed by atoms with Crippen LogP contribution in [-0.4, -0.2) is 30.6 Å². The molecule has 9 heteroatoms. The summed E-state index contributed by atoms with van der Waals surface area (Å²) in [4.78, 5) is 23.5. The first-order valence-corrected chi connectivity index (χ1v) is 10.3. The Labute approximate surface area is 188 Å². The van der Waals surface area contributed by atoms with Crippen molar-refractivity contribution in [1.29, 1.82) is 0 Å². The van der Waals surface area contributed by atoms with E-state index < -0.39 is 5.82 Å². The van der Waals surface area contributed by atoms with Gasteiger partial charge in [0.2, 0.25) is 5.95 Å². The summed E-state index contributed by atoms with van der Waals surface area (Å²) in [5.74, 6) is 0.610. The minimum atomic E-state index is -0.491. The quantitative estimate of drug-likeness (QED) is 0.484. The maximum atomic E-state index is 13.8. The number of anilines is 2. The third-order valence-electron chi connectivity index (χ3n) is 5.36. The molecule has 4 aromatic rings. The Balaban J connectivity index is 1.37. The second-order valence-electron chi connectivity index (χ2n) is 7.51. The fourth-order valence-corrected chi connectivity index (χ4v) is 3.81. The number of aryl methyl sites for hydroxylation is 1. The first-order chi connectivity index (χ1) is 15.5. The average molecular weight is 449 g/mol. The van der Waals surface area contributed by atoms with Crippen LogP contribution in [0.2, 0.25) is 5.02 Å². The zero-order valence-corrected chi connectivity index (χ0v) is 17.8. The van der Waals surface area contributed by atoms with Gasteiger partial charge in [-0.2, -0.15) is 5.10 Å². The molecule has 1 aliphatic heterocycles. The SMILES string of the molecule is Cn1nccc1Nc1nccc(-c2ccc3c(c2)C(=O)N(Cc2ccc(Cl)c(F)c2)C3)n1. The zero-order chi connectivity index (χ0) is 22.2. The molecule has 0 saturated carbocycles. The van der Waals surface area contributed by atoms with Gasteiger partial charge in [-0.1, -0.05) is 29.8 Å². The Hall–Kier alpha value is -3.78. The van der Waals surface area contributed by atoms with Crippen molar-refractivity contribution >= 4 is 29.3 Å². The monoisotopic (exact) mass is 448 g/mol. The first-order valence-electron chi connectivity index (χ1n) is 9.92. The maximum absolute atomic E-state index is 13.8. The molecular weight excluding hydrogens is 431 g/mol. The van der Waals surface area contributed by atoms with Crippen molar-refractivity contribution in [3.8, 4) is 11.3 Å². The summed E-state index contributed by atoms with van der Waals surface area (Å²) >= 11 is 5.76. The number of nitrogens with zero attached hydrogens (tertiary/aromatic N) is 5. The molecule has 0 spiro atoms. The van der Waals surface area contributed by atoms with Crippen molar-refractivity contribution in [3.63, 3.8) is 0 Å². The van der Waals surface area contributed by atoms with Gasteiger partial charge in [0.25, 0.3) is 5.91 Å². The highest BCUT2D eigenvalue weighted by molar-refractivity contribution is 6.30. The Morgan fingerprint density at radius 3 is 2.78 bits per heavy atom. The van der Waals surface area contributed by atoms with Crippen molar-refractivity contribution < 1.29 is 9.18 Å². The van der Waals surface area contributed by atoms with Crippen molar-refractivity contribution in [3.05, 3.63) is 88.5 Å². The lowest BCUT2D eigenvalue weighted by Crippen LogP contribution is -2.23. The molecule has 0 radical (unpaired) electrons. The summed E-state index contributed by atoms with van der Waals surface area (Å²) < 4.78 is 15.5. The van der Waals surface area contributed by atoms with Gasteiger partial charge in [-0.25, -0.2) is 14.4 Å². The Kier molecular flexibility index (Phi) is 5.07. The third-order valence-corrected chi connectivity index (χ3v) is 5.66. The highest BCUT2D eigenvalue weighted by atomic mass is 35.5. The molecule has 0 unspecified atom stereocenters. The molecule has 32 heavy (non-hydrogen) atoms. The van der Waals surface area contributed by atoms with Gasteiger partial charge >= 0.3 is 0 Å². The van der Waals surface area contributed by atoms with E-state index >= 15 is 0 Å². The number of hydrogen-bond donors (Lipinski definition) is 1. The van der Waals surface area contributed by atoms with E-state index in [2.05, 4.69) is 20.4 Å². The van der Waals surface area contributed by atoms with E-state index in [1.165, 1.54) is 12.1 Å². The molecule has 0 fully saturated rings. The highest BCUT2D eigenvalue weighted by Gasteiger charge is 2.28. The fraction of sp³-hybridized carbons (Fsp3) is 0.130. The first kappa shape index (κ1) is 20.1. The number of fused-ring (bicyclic) bond motifs is 1. The van der Waals surface area contributed by atoms with E-state index in [0.29, 0.717) is 35.9 Å². The number of hydrogen-bond acceptors (Lipinski definition) is 5. The molecule has 160 valence electrons. The second-order valence-corrected chi connectivity index (χ2v) is 7.92. The van der Waals surface area contributed by atoms with Gasteiger partial charge in [0, 0.05) is 43.5 Å². The summed E-state index contributed by atoms with van der Waals surface area (Å²) in [5, 5.41) is 7.31. The van der Waals surface area contributed by atoms with E-state index in [1.807, 2.05) is 31.3 Å². The minimum absolute atomic E-state index is 0.0662. The van der Waals surface area contributed by atoms with Crippen molar-refractivity contribution in [1.82, 2.24) is 24.6 Å². The largest absolute Gasteiger partial charge is 0.330 e. The Morgan fingerprint density at radius 1 is 1.12 bits per heavy atom. The van der Waals surface area contributed by atoms with Gasteiger partial charge in [0.1, 0.15) is 11.6 Å². The molecule has 1 aliphatic rings. The van der Waals surface area contributed by atoms with E-state index in [-0.39, 0.29) is 10.9 Å². The summed E-state index contributed by atoms with van der Waals surface area (Å²) in [6.07, 6.45) is 3.35. The number of halogens is 2. The van der Waals surface area contributed by atoms with E-state index in [9.17, 15) is 9.18 Å². The van der Waals surface area contributed by atoms with Crippen molar-refractivity contribution in [2.45, 2.75) is 13.1 Å². The van der Waals surface area contributed by atoms with Gasteiger partial charge in [0.05, 0.1) is 16.9 Å². The van der Waals surface area contributed by atoms with Crippen LogP contribution in [0.3, 0.4) is 0 Å². The highest BCUT2D eigenvalue weighted by Crippen LogP contribution is 2.29. The molecule has 0 bridgehead atoms. The van der Waals surface area contributed by atoms with Crippen molar-refractivity contribution in [2.24, 2.45) is 7.05 Å². The van der Waals surface area contributed by atoms with Crippen LogP contribution in [-0.2, 0) is 20.1 Å². The molecule has 2 aromatic heterocycles. The molecule has 5 rings (SSSR count). The van der Waals surface area contributed by atoms with Crippen LogP contribution < -0.4 is 5.32 Å². The third kappa shape index (κ3) is 3.80. The van der Waals surface area contributed by atoms with Gasteiger partial charge in [0.15, 0.2) is 0 Å². The Morgan fingerprint density at radius 2 is 2.00 bits per heavy atom. The number of amides is 1. The predicted octanol–water partition coefficient (Wildman–Crippen LogP) is 4.57. The summed E-state index contributed by atoms with van der Waals surface area (Å²) in [7, 11) is 1.82. The normalized spacial score (nSPS) is 12.8. The molecule has 1 N–H and O–H groups in total. The summed E-state index contributed by atoms with van der Waals surface area (Å²) in [6, 6.07) is 13.9. The number of rotatable bonds is 5. The lowest BCUT2D eigenvalue weighted by atomic mass is 10.0. The van der Waals surface area contributed by atoms with Crippen molar-refractivity contribution in [2.75, 3.05) is 5.32 Å². The molecule has 0 saturated heterocycles. The number of nitrogens with one attached hydrogen (secondary N) is 1. The number of carbonyl (C=O) groups excluding carboxylic acids is 1. The molecule has 1 amide bonds. The molecule has 7 nitrogen and oxygen atoms in total. The topological polar surface area (TPSA) is 75.9 Å². The number of aromatic nitrogens is 4. The summed E-state index contributed by atoms with van der Waals surface area (Å²) in [6.45, 7) is 0.777. The number of carbonyl (C=O) groups is 1. The van der Waals surface area contributed by atoms with Crippen LogP contribution in [0.15, 0.2) is 60.9 Å². The lowest BCUT2D eigenvalue weighted by Gasteiger charge is -2.15. The number of benzene rings is 2. The molecule has 0 aliphatic carbocycles. The maximum Gasteiger partial charge on any atom is 0.254 e. The van der Waals surface area contributed by atoms with Crippen LogP contribution in [0.25, 0.3) is 11.3 Å². The molecular formula is C23H18ClFN6O. The predicted molar refractivity (Wildman–Crippen MR) is 119 cm³/mol. The molecule has 0 atom stereocenters. The van der Waals surface area contributed by atoms with Crippen LogP contribution >= 0.6 is 11.6 Å². The van der Waals surface area contributed by atoms with Gasteiger partial charge in [-0.15, -0.1) is 0 Å². The van der Waals surface area contributed by atoms with Crippen LogP contribution in [0.5, 0.6) is 0 Å². The van der Waals surface area contributed by atoms with E-state index in [0.717, 1.165) is 16.9 Å². The fourth-order valence-electron chi connectivity index (χ4n) is 3.70. The standard InChI is InChI=1S/C23H18ClFN6O/c1-30-21(7-9-27-30)29-23-26-8-6-20(28-23)15-3-4-16-13-31(22(32)17(16)11-15)12-14-2-5-18(24)19(25)10-14/h2-11H,12-13H2,1H3,(H,26,28,29). The van der Waals surface area contributed by atoms with Crippen LogP contribution in [0.4, 0.5) is 16.2 Å². The molecule has 3 heterocycles.